The van der Waals surface area contributed by atoms with Gasteiger partial charge >= 0.3 is 250 Å². The zero-order valence-corrected chi connectivity index (χ0v) is 30.3. The van der Waals surface area contributed by atoms with Gasteiger partial charge in [-0.2, -0.15) is 0 Å². The predicted molar refractivity (Wildman–Crippen MR) is 170 cm³/mol. The molecule has 0 spiro atoms. The Morgan fingerprint density at radius 2 is 1.00 bits per heavy atom. The topological polar surface area (TPSA) is 0 Å². The van der Waals surface area contributed by atoms with Gasteiger partial charge in [0.05, 0.1) is 0 Å². The number of halogens is 2. The summed E-state index contributed by atoms with van der Waals surface area (Å²) in [6.45, 7) is 23.3. The third-order valence-corrected chi connectivity index (χ3v) is 30.7. The van der Waals surface area contributed by atoms with Crippen LogP contribution in [0.15, 0.2) is 35.4 Å². The standard InChI is InChI=1S/C34H47Si.2ClH.Zr/c1-19(2)25-13-27(21(5)6)29-11-23(9)33(31(29)15-25)17-35-18-34-24(10)12-30-28(22(7)8)14-26(20(3)4)16-32(30)34;;;/h11-16,19-22,33-35H,17-18H2,1-10H3;2*1H;/q;;;+2/p-2. The number of fused-ring (bicyclic) bond motifs is 2. The first-order valence-electron chi connectivity index (χ1n) is 14.7. The molecule has 2 aliphatic rings. The molecule has 0 fully saturated rings. The molecule has 2 aromatic carbocycles. The molecule has 0 amide bonds. The van der Waals surface area contributed by atoms with E-state index < -0.39 is 24.4 Å². The molecule has 0 aliphatic heterocycles. The van der Waals surface area contributed by atoms with Crippen molar-refractivity contribution in [1.82, 2.24) is 0 Å². The van der Waals surface area contributed by atoms with Gasteiger partial charge in [-0.05, 0) is 0 Å². The normalized spacial score (nSPS) is 19.4. The summed E-state index contributed by atoms with van der Waals surface area (Å²) in [5, 5.41) is 0. The average Bonchev–Trinajstić information content (AvgIpc) is 3.32. The average molecular weight is 646 g/mol. The number of hydrogen-bond donors (Lipinski definition) is 0. The second-order valence-electron chi connectivity index (χ2n) is 13.2. The fraction of sp³-hybridized carbons (Fsp3) is 0.529. The van der Waals surface area contributed by atoms with Crippen LogP contribution in [-0.4, -0.2) is 5.92 Å². The first kappa shape index (κ1) is 30.6. The van der Waals surface area contributed by atoms with Crippen LogP contribution in [-0.2, 0) is 18.5 Å². The minimum atomic E-state index is -2.42. The Labute approximate surface area is 248 Å². The molecule has 0 nitrogen and oxygen atoms in total. The number of allylic oxidation sites excluding steroid dienone is 2. The molecule has 38 heavy (non-hydrogen) atoms. The van der Waals surface area contributed by atoms with Gasteiger partial charge < -0.3 is 0 Å². The molecule has 0 bridgehead atoms. The number of rotatable bonds is 9. The van der Waals surface area contributed by atoms with E-state index in [9.17, 15) is 0 Å². The summed E-state index contributed by atoms with van der Waals surface area (Å²) in [6.07, 6.45) is 4.96. The number of hydrogen-bond acceptors (Lipinski definition) is 0. The van der Waals surface area contributed by atoms with E-state index >= 15 is 0 Å². The Morgan fingerprint density at radius 1 is 0.632 bits per heavy atom. The third-order valence-electron chi connectivity index (χ3n) is 9.05. The van der Waals surface area contributed by atoms with E-state index in [1.165, 1.54) is 56.6 Å². The van der Waals surface area contributed by atoms with Crippen molar-refractivity contribution < 1.29 is 18.5 Å². The molecule has 0 heterocycles. The molecule has 2 aliphatic carbocycles. The summed E-state index contributed by atoms with van der Waals surface area (Å²) in [6, 6.07) is 12.4. The van der Waals surface area contributed by atoms with Crippen LogP contribution in [0.1, 0.15) is 149 Å². The fourth-order valence-corrected chi connectivity index (χ4v) is 22.0. The van der Waals surface area contributed by atoms with E-state index in [1.54, 1.807) is 11.1 Å². The van der Waals surface area contributed by atoms with Crippen LogP contribution >= 0.6 is 17.0 Å². The second-order valence-corrected chi connectivity index (χ2v) is 36.7. The Kier molecular flexibility index (Phi) is 9.83. The molecule has 205 valence electrons. The quantitative estimate of drug-likeness (QED) is 0.238. The van der Waals surface area contributed by atoms with Gasteiger partial charge in [-0.15, -0.1) is 0 Å². The summed E-state index contributed by atoms with van der Waals surface area (Å²) < 4.78 is 0. The summed E-state index contributed by atoms with van der Waals surface area (Å²) in [4.78, 5) is 0. The SMILES string of the molecule is CC1=Cc2c(C(C)C)cc(C(C)C)cc2C1C[SiH](CC1C(C)=Cc2c(C(C)C)cc(C(C)C)cc21)[Zr]([Cl])[Cl]. The molecule has 0 N–H and O–H groups in total. The van der Waals surface area contributed by atoms with Crippen molar-refractivity contribution in [1.29, 1.82) is 0 Å². The summed E-state index contributed by atoms with van der Waals surface area (Å²) in [7, 11) is 14.1. The Morgan fingerprint density at radius 3 is 1.29 bits per heavy atom. The monoisotopic (exact) mass is 643 g/mol. The van der Waals surface area contributed by atoms with E-state index in [1.807, 2.05) is 0 Å². The molecule has 0 saturated carbocycles. The van der Waals surface area contributed by atoms with Crippen molar-refractivity contribution in [2.24, 2.45) is 0 Å². The zero-order valence-electron chi connectivity index (χ0n) is 25.2. The van der Waals surface area contributed by atoms with Crippen LogP contribution < -0.4 is 0 Å². The van der Waals surface area contributed by atoms with Crippen LogP contribution in [0.2, 0.25) is 12.1 Å². The molecular formula is C34H47Cl2SiZr. The summed E-state index contributed by atoms with van der Waals surface area (Å²) in [5.41, 5.74) is 15.1. The van der Waals surface area contributed by atoms with Crippen LogP contribution in [0.25, 0.3) is 12.2 Å². The molecule has 0 radical (unpaired) electrons. The molecule has 0 aromatic heterocycles. The van der Waals surface area contributed by atoms with E-state index in [-0.39, 0.29) is 0 Å². The Hall–Kier alpha value is -0.400. The van der Waals surface area contributed by atoms with E-state index in [0.29, 0.717) is 35.5 Å². The molecule has 0 saturated heterocycles. The minimum absolute atomic E-state index is 0.490. The van der Waals surface area contributed by atoms with Crippen molar-refractivity contribution in [2.75, 3.05) is 0 Å². The molecule has 4 heteroatoms. The maximum atomic E-state index is 7.06. The van der Waals surface area contributed by atoms with Gasteiger partial charge in [0, 0.05) is 0 Å². The van der Waals surface area contributed by atoms with Gasteiger partial charge in [0.1, 0.15) is 0 Å². The summed E-state index contributed by atoms with van der Waals surface area (Å²) >= 11 is -2.42. The zero-order chi connectivity index (χ0) is 28.0. The Balaban J connectivity index is 1.69. The molecule has 4 rings (SSSR count). The van der Waals surface area contributed by atoms with Gasteiger partial charge in [-0.25, -0.2) is 0 Å². The van der Waals surface area contributed by atoms with Crippen molar-refractivity contribution in [3.05, 3.63) is 79.9 Å². The molecule has 2 unspecified atom stereocenters. The second kappa shape index (κ2) is 12.2. The van der Waals surface area contributed by atoms with E-state index in [4.69, 9.17) is 17.0 Å². The maximum absolute atomic E-state index is 7.06. The summed E-state index contributed by atoms with van der Waals surface area (Å²) in [5.74, 6) is 1.78. The van der Waals surface area contributed by atoms with Crippen LogP contribution in [0.4, 0.5) is 0 Å². The first-order chi connectivity index (χ1) is 17.8. The van der Waals surface area contributed by atoms with Gasteiger partial charge in [-0.1, -0.05) is 0 Å². The van der Waals surface area contributed by atoms with Crippen molar-refractivity contribution in [2.45, 2.75) is 117 Å². The van der Waals surface area contributed by atoms with Crippen LogP contribution in [0.3, 0.4) is 0 Å². The van der Waals surface area contributed by atoms with Gasteiger partial charge in [0.2, 0.25) is 0 Å². The first-order valence-corrected chi connectivity index (χ1v) is 27.5. The molecule has 2 aromatic rings. The molecular weight excluding hydrogens is 599 g/mol. The third kappa shape index (κ3) is 6.10. The van der Waals surface area contributed by atoms with Crippen LogP contribution in [0.5, 0.6) is 0 Å². The van der Waals surface area contributed by atoms with E-state index in [2.05, 4.69) is 106 Å². The van der Waals surface area contributed by atoms with Gasteiger partial charge in [0.15, 0.2) is 0 Å². The fourth-order valence-electron chi connectivity index (χ4n) is 6.59. The number of benzene rings is 2. The van der Waals surface area contributed by atoms with Crippen LogP contribution in [0, 0.1) is 0 Å². The van der Waals surface area contributed by atoms with Crippen molar-refractivity contribution in [3.63, 3.8) is 0 Å². The van der Waals surface area contributed by atoms with Crippen molar-refractivity contribution >= 4 is 35.1 Å². The predicted octanol–water partition coefficient (Wildman–Crippen LogP) is 11.5. The molecule has 2 atom stereocenters. The van der Waals surface area contributed by atoms with Crippen molar-refractivity contribution in [3.8, 4) is 0 Å². The van der Waals surface area contributed by atoms with Gasteiger partial charge in [0.25, 0.3) is 0 Å². The Bertz CT molecular complexity index is 1160. The van der Waals surface area contributed by atoms with E-state index in [0.717, 1.165) is 0 Å². The van der Waals surface area contributed by atoms with Gasteiger partial charge in [-0.3, -0.25) is 0 Å².